The lowest BCUT2D eigenvalue weighted by Gasteiger charge is -2.42. The van der Waals surface area contributed by atoms with Crippen LogP contribution in [0.4, 0.5) is 8.78 Å². The Hall–Kier alpha value is -3.60. The summed E-state index contributed by atoms with van der Waals surface area (Å²) < 4.78 is 54.6. The van der Waals surface area contributed by atoms with E-state index < -0.39 is 32.3 Å². The number of sulfone groups is 1. The molecule has 5 rings (SSSR count). The summed E-state index contributed by atoms with van der Waals surface area (Å²) in [5.41, 5.74) is 0.907. The van der Waals surface area contributed by atoms with Crippen molar-refractivity contribution in [3.8, 4) is 22.6 Å². The number of pyridine rings is 1. The zero-order chi connectivity index (χ0) is 27.6. The number of nitrogens with one attached hydrogen (secondary N) is 1. The van der Waals surface area contributed by atoms with Crippen LogP contribution in [0.15, 0.2) is 41.4 Å². The van der Waals surface area contributed by atoms with E-state index in [1.54, 1.807) is 13.0 Å². The summed E-state index contributed by atoms with van der Waals surface area (Å²) in [5, 5.41) is 16.9. The van der Waals surface area contributed by atoms with E-state index >= 15 is 0 Å². The average molecular weight is 539 g/mol. The molecule has 0 bridgehead atoms. The molecule has 1 N–H and O–H groups in total. The zero-order valence-electron chi connectivity index (χ0n) is 22.0. The van der Waals surface area contributed by atoms with Gasteiger partial charge in [-0.1, -0.05) is 33.8 Å². The first-order valence-corrected chi connectivity index (χ1v) is 14.1. The van der Waals surface area contributed by atoms with Gasteiger partial charge in [0, 0.05) is 11.8 Å². The van der Waals surface area contributed by atoms with Crippen LogP contribution in [0.1, 0.15) is 62.8 Å². The van der Waals surface area contributed by atoms with Gasteiger partial charge in [0.1, 0.15) is 17.5 Å². The van der Waals surface area contributed by atoms with Gasteiger partial charge in [0.15, 0.2) is 20.7 Å². The molecule has 3 heterocycles. The number of halogens is 2. The summed E-state index contributed by atoms with van der Waals surface area (Å²) in [6.45, 7) is 9.91. The highest BCUT2D eigenvalue weighted by molar-refractivity contribution is 7.90. The van der Waals surface area contributed by atoms with Crippen molar-refractivity contribution in [3.05, 3.63) is 70.8 Å². The molecule has 38 heavy (non-hydrogen) atoms. The topological polar surface area (TPSA) is 114 Å². The fourth-order valence-electron chi connectivity index (χ4n) is 5.78. The van der Waals surface area contributed by atoms with E-state index in [0.29, 0.717) is 35.0 Å². The number of nitrogens with zero attached hydrogens (tertiary/aromatic N) is 5. The predicted octanol–water partition coefficient (Wildman–Crippen LogP) is 5.15. The third-order valence-electron chi connectivity index (χ3n) is 8.12. The number of aromatic nitrogens is 6. The number of hydrogen-bond acceptors (Lipinski definition) is 7. The zero-order valence-corrected chi connectivity index (χ0v) is 22.8. The van der Waals surface area contributed by atoms with Crippen molar-refractivity contribution in [1.29, 1.82) is 0 Å². The van der Waals surface area contributed by atoms with Gasteiger partial charge < -0.3 is 4.98 Å². The van der Waals surface area contributed by atoms with Crippen molar-refractivity contribution in [2.24, 2.45) is 5.41 Å². The Labute approximate surface area is 219 Å². The minimum Gasteiger partial charge on any atom is -0.325 e. The molecule has 3 aromatic heterocycles. The number of fused-ring (bicyclic) bond motifs is 1. The molecule has 8 nitrogen and oxygen atoms in total. The first kappa shape index (κ1) is 26.0. The Balaban J connectivity index is 1.80. The van der Waals surface area contributed by atoms with Gasteiger partial charge in [-0.25, -0.2) is 22.2 Å². The fraction of sp³-hybridized carbons (Fsp3) is 0.370. The molecule has 0 aliphatic heterocycles. The number of H-pyrrole nitrogens is 1. The van der Waals surface area contributed by atoms with E-state index in [9.17, 15) is 17.2 Å². The maximum absolute atomic E-state index is 14.6. The molecule has 0 fully saturated rings. The molecule has 1 aliphatic rings. The predicted molar refractivity (Wildman–Crippen MR) is 138 cm³/mol. The van der Waals surface area contributed by atoms with Gasteiger partial charge in [-0.15, -0.1) is 15.3 Å². The summed E-state index contributed by atoms with van der Waals surface area (Å²) in [6, 6.07) is 8.65. The highest BCUT2D eigenvalue weighted by Gasteiger charge is 2.58. The second kappa shape index (κ2) is 8.72. The van der Waals surface area contributed by atoms with Crippen molar-refractivity contribution in [1.82, 2.24) is 30.4 Å². The molecule has 4 aromatic rings. The molecule has 0 spiro atoms. The highest BCUT2D eigenvalue weighted by Crippen LogP contribution is 2.62. The summed E-state index contributed by atoms with van der Waals surface area (Å²) in [5.74, 6) is -0.562. The van der Waals surface area contributed by atoms with Crippen molar-refractivity contribution >= 4 is 9.84 Å². The SMILES string of the molecule is CC[C@]1(c2cc(-c3nnc(C)[nH]3)cc(S(C)(=O)=O)n2)c2nnc(-c3c(F)cccc3F)cc2[C@H](C)C1(C)C. The van der Waals surface area contributed by atoms with Crippen molar-refractivity contribution in [2.75, 3.05) is 6.26 Å². The lowest BCUT2D eigenvalue weighted by Crippen LogP contribution is -2.42. The Morgan fingerprint density at radius 2 is 1.71 bits per heavy atom. The molecular weight excluding hydrogens is 510 g/mol. The van der Waals surface area contributed by atoms with Crippen LogP contribution in [0, 0.1) is 24.0 Å². The molecule has 0 radical (unpaired) electrons. The molecule has 2 atom stereocenters. The molecule has 0 amide bonds. The van der Waals surface area contributed by atoms with Gasteiger partial charge in [-0.3, -0.25) is 0 Å². The summed E-state index contributed by atoms with van der Waals surface area (Å²) in [6.07, 6.45) is 1.63. The lowest BCUT2D eigenvalue weighted by molar-refractivity contribution is 0.178. The van der Waals surface area contributed by atoms with E-state index in [1.807, 2.05) is 19.9 Å². The second-order valence-corrected chi connectivity index (χ2v) is 12.4. The number of hydrogen-bond donors (Lipinski definition) is 1. The van der Waals surface area contributed by atoms with Crippen molar-refractivity contribution in [3.63, 3.8) is 0 Å². The Morgan fingerprint density at radius 1 is 1.03 bits per heavy atom. The van der Waals surface area contributed by atoms with E-state index in [1.165, 1.54) is 24.3 Å². The molecule has 1 aliphatic carbocycles. The molecule has 198 valence electrons. The van der Waals surface area contributed by atoms with Crippen LogP contribution in [-0.4, -0.2) is 45.0 Å². The first-order valence-electron chi connectivity index (χ1n) is 12.3. The Kier molecular flexibility index (Phi) is 5.97. The molecule has 0 saturated carbocycles. The van der Waals surface area contributed by atoms with Crippen molar-refractivity contribution < 1.29 is 17.2 Å². The van der Waals surface area contributed by atoms with E-state index in [0.717, 1.165) is 11.8 Å². The van der Waals surface area contributed by atoms with Crippen LogP contribution in [-0.2, 0) is 15.3 Å². The lowest BCUT2D eigenvalue weighted by atomic mass is 9.60. The largest absolute Gasteiger partial charge is 0.325 e. The molecular formula is C27H28F2N6O2S. The van der Waals surface area contributed by atoms with Gasteiger partial charge in [-0.2, -0.15) is 5.10 Å². The van der Waals surface area contributed by atoms with E-state index in [2.05, 4.69) is 44.2 Å². The Morgan fingerprint density at radius 3 is 2.29 bits per heavy atom. The maximum atomic E-state index is 14.6. The van der Waals surface area contributed by atoms with Gasteiger partial charge in [0.05, 0.1) is 28.1 Å². The van der Waals surface area contributed by atoms with E-state index in [-0.39, 0.29) is 22.2 Å². The molecule has 0 saturated heterocycles. The monoisotopic (exact) mass is 538 g/mol. The third-order valence-corrected chi connectivity index (χ3v) is 9.09. The summed E-state index contributed by atoms with van der Waals surface area (Å²) >= 11 is 0. The number of aromatic amines is 1. The van der Waals surface area contributed by atoms with Crippen LogP contribution < -0.4 is 0 Å². The average Bonchev–Trinajstić information content (AvgIpc) is 3.36. The van der Waals surface area contributed by atoms with Crippen LogP contribution in [0.5, 0.6) is 0 Å². The summed E-state index contributed by atoms with van der Waals surface area (Å²) in [4.78, 5) is 7.72. The molecule has 11 heteroatoms. The number of rotatable bonds is 5. The summed E-state index contributed by atoms with van der Waals surface area (Å²) in [7, 11) is -3.69. The first-order chi connectivity index (χ1) is 17.8. The highest BCUT2D eigenvalue weighted by atomic mass is 32.2. The standard InChI is InChI=1S/C27H28F2N6O2S/c1-7-27(21-11-16(25-30-15(3)32-35-25)12-22(31-21)38(6,36)37)24-17(14(2)26(27,4)5)13-20(33-34-24)23-18(28)9-8-10-19(23)29/h8-14H,7H2,1-6H3,(H,30,32,35)/t14-,27-/m0/s1. The molecule has 0 unspecified atom stereocenters. The minimum absolute atomic E-state index is 0.0956. The van der Waals surface area contributed by atoms with Crippen LogP contribution in [0.3, 0.4) is 0 Å². The van der Waals surface area contributed by atoms with Gasteiger partial charge in [-0.05, 0) is 60.6 Å². The smallest absolute Gasteiger partial charge is 0.192 e. The quantitative estimate of drug-likeness (QED) is 0.374. The maximum Gasteiger partial charge on any atom is 0.192 e. The minimum atomic E-state index is -3.69. The van der Waals surface area contributed by atoms with Crippen molar-refractivity contribution in [2.45, 2.75) is 57.4 Å². The Bertz CT molecular complexity index is 1660. The second-order valence-electron chi connectivity index (χ2n) is 10.4. The van der Waals surface area contributed by atoms with E-state index in [4.69, 9.17) is 0 Å². The van der Waals surface area contributed by atoms with Gasteiger partial charge in [0.2, 0.25) is 0 Å². The van der Waals surface area contributed by atoms with Gasteiger partial charge in [0.25, 0.3) is 0 Å². The van der Waals surface area contributed by atoms with Crippen LogP contribution in [0.2, 0.25) is 0 Å². The van der Waals surface area contributed by atoms with Gasteiger partial charge >= 0.3 is 0 Å². The van der Waals surface area contributed by atoms with Crippen LogP contribution in [0.25, 0.3) is 22.6 Å². The van der Waals surface area contributed by atoms with Crippen LogP contribution >= 0.6 is 0 Å². The third kappa shape index (κ3) is 3.74. The number of aryl methyl sites for hydroxylation is 1. The normalized spacial score (nSPS) is 20.5. The molecule has 1 aromatic carbocycles. The fourth-order valence-corrected chi connectivity index (χ4v) is 6.38. The number of benzene rings is 1.